The van der Waals surface area contributed by atoms with Gasteiger partial charge in [-0.05, 0) is 23.8 Å². The normalized spacial score (nSPS) is 13.1. The van der Waals surface area contributed by atoms with Crippen molar-refractivity contribution in [1.82, 2.24) is 4.90 Å². The average Bonchev–Trinajstić information content (AvgIpc) is 2.78. The molecule has 1 heterocycles. The van der Waals surface area contributed by atoms with Crippen LogP contribution in [0.3, 0.4) is 0 Å². The summed E-state index contributed by atoms with van der Waals surface area (Å²) in [5.74, 6) is -0.734. The number of nitrogens with zero attached hydrogens (tertiary/aromatic N) is 2. The first kappa shape index (κ1) is 13.1. The number of halogens is 1. The van der Waals surface area contributed by atoms with Gasteiger partial charge in [-0.2, -0.15) is 5.26 Å². The number of carbonyl (C=O) groups is 1. The van der Waals surface area contributed by atoms with Crippen LogP contribution in [-0.4, -0.2) is 10.8 Å². The number of hydrogen-bond donors (Lipinski definition) is 1. The first-order valence-corrected chi connectivity index (χ1v) is 6.45. The molecule has 1 aliphatic heterocycles. The molecule has 0 radical (unpaired) electrons. The zero-order valence-electron chi connectivity index (χ0n) is 11.1. The van der Waals surface area contributed by atoms with Crippen molar-refractivity contribution in [2.24, 2.45) is 0 Å². The molecule has 2 aromatic rings. The maximum Gasteiger partial charge on any atom is 0.254 e. The maximum absolute atomic E-state index is 14.1. The topological polar surface area (TPSA) is 70.1 Å². The van der Waals surface area contributed by atoms with Crippen LogP contribution in [0.4, 0.5) is 10.1 Å². The van der Waals surface area contributed by atoms with E-state index >= 15 is 0 Å². The lowest BCUT2D eigenvalue weighted by atomic mass is 10.1. The summed E-state index contributed by atoms with van der Waals surface area (Å²) in [4.78, 5) is 13.8. The number of benzene rings is 2. The van der Waals surface area contributed by atoms with Crippen molar-refractivity contribution >= 4 is 11.6 Å². The minimum atomic E-state index is -0.566. The van der Waals surface area contributed by atoms with Gasteiger partial charge in [0.05, 0.1) is 5.56 Å². The smallest absolute Gasteiger partial charge is 0.254 e. The predicted molar refractivity (Wildman–Crippen MR) is 75.5 cm³/mol. The van der Waals surface area contributed by atoms with Crippen LogP contribution < -0.4 is 5.73 Å². The SMILES string of the molecule is N#Cc1cccc(CN2Cc3ccc(N)cc3C2=O)c1F. The number of fused-ring (bicyclic) bond motifs is 1. The monoisotopic (exact) mass is 281 g/mol. The number of nitriles is 1. The average molecular weight is 281 g/mol. The largest absolute Gasteiger partial charge is 0.399 e. The third-order valence-electron chi connectivity index (χ3n) is 3.57. The second kappa shape index (κ2) is 4.91. The highest BCUT2D eigenvalue weighted by molar-refractivity contribution is 5.99. The van der Waals surface area contributed by atoms with E-state index in [1.165, 1.54) is 6.07 Å². The van der Waals surface area contributed by atoms with Crippen LogP contribution in [0.1, 0.15) is 27.0 Å². The third kappa shape index (κ3) is 2.21. The Balaban J connectivity index is 1.89. The Morgan fingerprint density at radius 3 is 2.90 bits per heavy atom. The van der Waals surface area contributed by atoms with E-state index in [-0.39, 0.29) is 18.0 Å². The quantitative estimate of drug-likeness (QED) is 0.859. The molecule has 0 atom stereocenters. The lowest BCUT2D eigenvalue weighted by Gasteiger charge is -2.16. The number of nitrogens with two attached hydrogens (primary N) is 1. The molecule has 0 saturated heterocycles. The van der Waals surface area contributed by atoms with Crippen LogP contribution in [0.5, 0.6) is 0 Å². The van der Waals surface area contributed by atoms with Crippen molar-refractivity contribution in [3.63, 3.8) is 0 Å². The van der Waals surface area contributed by atoms with Gasteiger partial charge in [0, 0.05) is 29.9 Å². The Hall–Kier alpha value is -2.87. The van der Waals surface area contributed by atoms with Crippen LogP contribution in [0, 0.1) is 17.1 Å². The van der Waals surface area contributed by atoms with Gasteiger partial charge >= 0.3 is 0 Å². The summed E-state index contributed by atoms with van der Waals surface area (Å²) in [5, 5.41) is 8.84. The molecule has 1 amide bonds. The van der Waals surface area contributed by atoms with E-state index in [0.717, 1.165) is 5.56 Å². The second-order valence-electron chi connectivity index (χ2n) is 4.97. The minimum absolute atomic E-state index is 0.0131. The Morgan fingerprint density at radius 1 is 1.33 bits per heavy atom. The number of rotatable bonds is 2. The van der Waals surface area contributed by atoms with Crippen LogP contribution >= 0.6 is 0 Å². The number of carbonyl (C=O) groups excluding carboxylic acids is 1. The molecular weight excluding hydrogens is 269 g/mol. The predicted octanol–water partition coefficient (Wildman–Crippen LogP) is 2.44. The highest BCUT2D eigenvalue weighted by Crippen LogP contribution is 2.27. The standard InChI is InChI=1S/C16H12FN3O/c17-15-10(7-18)2-1-3-12(15)9-20-8-11-4-5-13(19)6-14(11)16(20)21/h1-6H,8-9,19H2. The van der Waals surface area contributed by atoms with Crippen molar-refractivity contribution in [2.45, 2.75) is 13.1 Å². The molecule has 5 heteroatoms. The fourth-order valence-electron chi connectivity index (χ4n) is 2.50. The van der Waals surface area contributed by atoms with E-state index in [1.54, 1.807) is 35.2 Å². The summed E-state index contributed by atoms with van der Waals surface area (Å²) in [6.45, 7) is 0.555. The van der Waals surface area contributed by atoms with E-state index in [1.807, 2.05) is 6.07 Å². The molecule has 4 nitrogen and oxygen atoms in total. The van der Waals surface area contributed by atoms with E-state index < -0.39 is 5.82 Å². The van der Waals surface area contributed by atoms with E-state index in [0.29, 0.717) is 23.4 Å². The third-order valence-corrected chi connectivity index (χ3v) is 3.57. The zero-order chi connectivity index (χ0) is 15.0. The van der Waals surface area contributed by atoms with E-state index in [4.69, 9.17) is 11.0 Å². The van der Waals surface area contributed by atoms with Crippen molar-refractivity contribution in [2.75, 3.05) is 5.73 Å². The van der Waals surface area contributed by atoms with Gasteiger partial charge in [0.15, 0.2) is 0 Å². The Labute approximate surface area is 121 Å². The highest BCUT2D eigenvalue weighted by atomic mass is 19.1. The molecule has 0 spiro atoms. The molecular formula is C16H12FN3O. The molecule has 0 saturated carbocycles. The molecule has 0 fully saturated rings. The van der Waals surface area contributed by atoms with Gasteiger partial charge in [0.1, 0.15) is 11.9 Å². The number of amides is 1. The van der Waals surface area contributed by atoms with Crippen LogP contribution in [-0.2, 0) is 13.1 Å². The van der Waals surface area contributed by atoms with Gasteiger partial charge in [-0.3, -0.25) is 4.79 Å². The van der Waals surface area contributed by atoms with Gasteiger partial charge in [-0.1, -0.05) is 18.2 Å². The number of hydrogen-bond acceptors (Lipinski definition) is 3. The first-order valence-electron chi connectivity index (χ1n) is 6.45. The molecule has 0 unspecified atom stereocenters. The molecule has 21 heavy (non-hydrogen) atoms. The van der Waals surface area contributed by atoms with Crippen molar-refractivity contribution in [3.05, 3.63) is 64.5 Å². The summed E-state index contributed by atoms with van der Waals surface area (Å²) in [5.41, 5.74) is 7.98. The van der Waals surface area contributed by atoms with Crippen LogP contribution in [0.2, 0.25) is 0 Å². The van der Waals surface area contributed by atoms with Crippen molar-refractivity contribution < 1.29 is 9.18 Å². The van der Waals surface area contributed by atoms with E-state index in [2.05, 4.69) is 0 Å². The highest BCUT2D eigenvalue weighted by Gasteiger charge is 2.28. The summed E-state index contributed by atoms with van der Waals surface area (Å²) in [7, 11) is 0. The summed E-state index contributed by atoms with van der Waals surface area (Å²) in [6.07, 6.45) is 0. The van der Waals surface area contributed by atoms with Gasteiger partial charge in [0.25, 0.3) is 5.91 Å². The minimum Gasteiger partial charge on any atom is -0.399 e. The molecule has 2 aromatic carbocycles. The molecule has 0 bridgehead atoms. The van der Waals surface area contributed by atoms with Gasteiger partial charge < -0.3 is 10.6 Å². The van der Waals surface area contributed by atoms with Gasteiger partial charge in [-0.25, -0.2) is 4.39 Å². The fourth-order valence-corrected chi connectivity index (χ4v) is 2.50. The molecule has 104 valence electrons. The lowest BCUT2D eigenvalue weighted by molar-refractivity contribution is 0.0765. The maximum atomic E-state index is 14.1. The Morgan fingerprint density at radius 2 is 2.14 bits per heavy atom. The molecule has 3 rings (SSSR count). The van der Waals surface area contributed by atoms with E-state index in [9.17, 15) is 9.18 Å². The van der Waals surface area contributed by atoms with Gasteiger partial charge in [-0.15, -0.1) is 0 Å². The molecule has 0 aromatic heterocycles. The van der Waals surface area contributed by atoms with Crippen molar-refractivity contribution in [3.8, 4) is 6.07 Å². The second-order valence-corrected chi connectivity index (χ2v) is 4.97. The molecule has 2 N–H and O–H groups in total. The number of nitrogen functional groups attached to an aromatic ring is 1. The Bertz CT molecular complexity index is 780. The Kier molecular flexibility index (Phi) is 3.07. The fraction of sp³-hybridized carbons (Fsp3) is 0.125. The summed E-state index contributed by atoms with van der Waals surface area (Å²) >= 11 is 0. The zero-order valence-corrected chi connectivity index (χ0v) is 11.1. The van der Waals surface area contributed by atoms with Crippen molar-refractivity contribution in [1.29, 1.82) is 5.26 Å². The van der Waals surface area contributed by atoms with Crippen LogP contribution in [0.15, 0.2) is 36.4 Å². The number of anilines is 1. The summed E-state index contributed by atoms with van der Waals surface area (Å²) in [6, 6.07) is 11.6. The van der Waals surface area contributed by atoms with Gasteiger partial charge in [0.2, 0.25) is 0 Å². The molecule has 0 aliphatic carbocycles. The first-order chi connectivity index (χ1) is 10.1. The van der Waals surface area contributed by atoms with Crippen LogP contribution in [0.25, 0.3) is 0 Å². The molecule has 1 aliphatic rings. The summed E-state index contributed by atoms with van der Waals surface area (Å²) < 4.78 is 14.1. The lowest BCUT2D eigenvalue weighted by Crippen LogP contribution is -2.24.